The van der Waals surface area contributed by atoms with Crippen molar-refractivity contribution in [2.75, 3.05) is 11.9 Å². The van der Waals surface area contributed by atoms with Gasteiger partial charge in [-0.2, -0.15) is 0 Å². The van der Waals surface area contributed by atoms with Gasteiger partial charge in [0.1, 0.15) is 10.7 Å². The number of thiocarbonyl (C=S) groups is 1. The quantitative estimate of drug-likeness (QED) is 0.850. The van der Waals surface area contributed by atoms with Gasteiger partial charge in [0.2, 0.25) is 0 Å². The van der Waals surface area contributed by atoms with Crippen LogP contribution in [0.25, 0.3) is 0 Å². The van der Waals surface area contributed by atoms with Crippen LogP contribution in [0.2, 0.25) is 0 Å². The average molecular weight is 286 g/mol. The molecule has 1 amide bonds. The number of amides is 1. The minimum absolute atomic E-state index is 0.148. The van der Waals surface area contributed by atoms with Gasteiger partial charge in [0, 0.05) is 23.9 Å². The first kappa shape index (κ1) is 14.0. The summed E-state index contributed by atoms with van der Waals surface area (Å²) in [6, 6.07) is 13.2. The van der Waals surface area contributed by atoms with Crippen molar-refractivity contribution in [3.8, 4) is 5.75 Å². The highest BCUT2D eigenvalue weighted by atomic mass is 32.1. The van der Waals surface area contributed by atoms with Crippen LogP contribution < -0.4 is 10.6 Å². The smallest absolute Gasteiger partial charge is 0.258 e. The molecule has 0 aliphatic heterocycles. The average Bonchev–Trinajstić information content (AvgIpc) is 2.46. The zero-order chi connectivity index (χ0) is 14.7. The van der Waals surface area contributed by atoms with Crippen LogP contribution in [0.15, 0.2) is 48.5 Å². The second kappa shape index (κ2) is 5.71. The second-order valence-corrected chi connectivity index (χ2v) is 4.76. The fourth-order valence-electron chi connectivity index (χ4n) is 1.76. The third-order valence-electron chi connectivity index (χ3n) is 2.96. The lowest BCUT2D eigenvalue weighted by atomic mass is 10.1. The van der Waals surface area contributed by atoms with E-state index in [-0.39, 0.29) is 11.7 Å². The predicted octanol–water partition coefficient (Wildman–Crippen LogP) is 2.30. The van der Waals surface area contributed by atoms with Crippen LogP contribution in [0.3, 0.4) is 0 Å². The van der Waals surface area contributed by atoms with Gasteiger partial charge in [0.05, 0.1) is 0 Å². The van der Waals surface area contributed by atoms with Crippen molar-refractivity contribution in [3.63, 3.8) is 0 Å². The number of rotatable bonds is 3. The largest absolute Gasteiger partial charge is 0.508 e. The number of phenolic OH excluding ortho intramolecular Hbond substituents is 1. The fourth-order valence-corrected chi connectivity index (χ4v) is 1.90. The number of aromatic hydroxyl groups is 1. The monoisotopic (exact) mass is 286 g/mol. The highest BCUT2D eigenvalue weighted by Crippen LogP contribution is 2.19. The van der Waals surface area contributed by atoms with Crippen molar-refractivity contribution in [2.45, 2.75) is 0 Å². The number of carbonyl (C=O) groups is 1. The Balaban J connectivity index is 2.22. The van der Waals surface area contributed by atoms with Gasteiger partial charge >= 0.3 is 0 Å². The SMILES string of the molecule is CN(C(=O)c1ccc(C(N)=S)cc1)c1ccc(O)cc1. The molecule has 0 aliphatic rings. The maximum Gasteiger partial charge on any atom is 0.258 e. The first-order valence-electron chi connectivity index (χ1n) is 5.96. The van der Waals surface area contributed by atoms with Crippen molar-refractivity contribution >= 4 is 28.8 Å². The van der Waals surface area contributed by atoms with Crippen LogP contribution in [0.1, 0.15) is 15.9 Å². The Kier molecular flexibility index (Phi) is 4.00. The summed E-state index contributed by atoms with van der Waals surface area (Å²) in [5.41, 5.74) is 7.49. The van der Waals surface area contributed by atoms with E-state index in [4.69, 9.17) is 18.0 Å². The minimum atomic E-state index is -0.148. The molecule has 20 heavy (non-hydrogen) atoms. The first-order valence-corrected chi connectivity index (χ1v) is 6.37. The van der Waals surface area contributed by atoms with E-state index in [2.05, 4.69) is 0 Å². The highest BCUT2D eigenvalue weighted by Gasteiger charge is 2.13. The number of anilines is 1. The first-order chi connectivity index (χ1) is 9.49. The van der Waals surface area contributed by atoms with Crippen molar-refractivity contribution < 1.29 is 9.90 Å². The Morgan fingerprint density at radius 3 is 2.05 bits per heavy atom. The van der Waals surface area contributed by atoms with Crippen LogP contribution in [-0.4, -0.2) is 23.0 Å². The van der Waals surface area contributed by atoms with E-state index in [0.717, 1.165) is 5.56 Å². The highest BCUT2D eigenvalue weighted by molar-refractivity contribution is 7.80. The topological polar surface area (TPSA) is 66.6 Å². The molecule has 2 aromatic carbocycles. The van der Waals surface area contributed by atoms with Gasteiger partial charge in [0.15, 0.2) is 0 Å². The Morgan fingerprint density at radius 1 is 1.05 bits per heavy atom. The van der Waals surface area contributed by atoms with Crippen LogP contribution in [-0.2, 0) is 0 Å². The molecule has 0 fully saturated rings. The van der Waals surface area contributed by atoms with Gasteiger partial charge in [-0.15, -0.1) is 0 Å². The molecule has 0 radical (unpaired) electrons. The lowest BCUT2D eigenvalue weighted by Crippen LogP contribution is -2.26. The Hall–Kier alpha value is -2.40. The molecule has 0 unspecified atom stereocenters. The van der Waals surface area contributed by atoms with E-state index in [1.54, 1.807) is 43.4 Å². The third kappa shape index (κ3) is 2.95. The van der Waals surface area contributed by atoms with Gasteiger partial charge in [0.25, 0.3) is 5.91 Å². The molecule has 4 nitrogen and oxygen atoms in total. The molecular weight excluding hydrogens is 272 g/mol. The van der Waals surface area contributed by atoms with E-state index in [1.165, 1.54) is 17.0 Å². The molecule has 0 saturated heterocycles. The molecule has 0 atom stereocenters. The van der Waals surface area contributed by atoms with Gasteiger partial charge in [-0.1, -0.05) is 24.4 Å². The summed E-state index contributed by atoms with van der Waals surface area (Å²) >= 11 is 4.87. The zero-order valence-electron chi connectivity index (χ0n) is 10.9. The van der Waals surface area contributed by atoms with Gasteiger partial charge in [-0.05, 0) is 36.4 Å². The van der Waals surface area contributed by atoms with E-state index in [9.17, 15) is 9.90 Å². The van der Waals surface area contributed by atoms with Crippen molar-refractivity contribution in [2.24, 2.45) is 5.73 Å². The van der Waals surface area contributed by atoms with E-state index >= 15 is 0 Å². The van der Waals surface area contributed by atoms with Crippen molar-refractivity contribution in [1.82, 2.24) is 0 Å². The lowest BCUT2D eigenvalue weighted by molar-refractivity contribution is 0.0993. The van der Waals surface area contributed by atoms with Crippen LogP contribution >= 0.6 is 12.2 Å². The van der Waals surface area contributed by atoms with E-state index < -0.39 is 0 Å². The zero-order valence-corrected chi connectivity index (χ0v) is 11.7. The molecule has 3 N–H and O–H groups in total. The van der Waals surface area contributed by atoms with Gasteiger partial charge < -0.3 is 15.7 Å². The molecular formula is C15H14N2O2S. The number of nitrogens with zero attached hydrogens (tertiary/aromatic N) is 1. The molecule has 0 aromatic heterocycles. The standard InChI is InChI=1S/C15H14N2O2S/c1-17(12-6-8-13(18)9-7-12)15(19)11-4-2-10(3-5-11)14(16)20/h2-9,18H,1H3,(H2,16,20). The number of carbonyl (C=O) groups excluding carboxylic acids is 1. The van der Waals surface area contributed by atoms with E-state index in [1.807, 2.05) is 0 Å². The number of nitrogens with two attached hydrogens (primary N) is 1. The summed E-state index contributed by atoms with van der Waals surface area (Å²) < 4.78 is 0. The third-order valence-corrected chi connectivity index (χ3v) is 3.19. The van der Waals surface area contributed by atoms with Gasteiger partial charge in [-0.3, -0.25) is 4.79 Å². The molecule has 0 heterocycles. The molecule has 2 rings (SSSR count). The molecule has 0 bridgehead atoms. The molecule has 5 heteroatoms. The summed E-state index contributed by atoms with van der Waals surface area (Å²) in [5.74, 6) is 0.0144. The maximum absolute atomic E-state index is 12.3. The Morgan fingerprint density at radius 2 is 1.55 bits per heavy atom. The Bertz CT molecular complexity index is 636. The van der Waals surface area contributed by atoms with E-state index in [0.29, 0.717) is 16.2 Å². The summed E-state index contributed by atoms with van der Waals surface area (Å²) in [4.78, 5) is 14.1. The molecule has 0 aliphatic carbocycles. The van der Waals surface area contributed by atoms with Crippen LogP contribution in [0, 0.1) is 0 Å². The predicted molar refractivity (Wildman–Crippen MR) is 83.2 cm³/mol. The molecule has 0 saturated carbocycles. The fraction of sp³-hybridized carbons (Fsp3) is 0.0667. The van der Waals surface area contributed by atoms with Crippen LogP contribution in [0.4, 0.5) is 5.69 Å². The van der Waals surface area contributed by atoms with Crippen molar-refractivity contribution in [1.29, 1.82) is 0 Å². The Labute approximate surface area is 122 Å². The number of phenols is 1. The minimum Gasteiger partial charge on any atom is -0.508 e. The number of benzene rings is 2. The normalized spacial score (nSPS) is 10.1. The summed E-state index contributed by atoms with van der Waals surface area (Å²) in [6.07, 6.45) is 0. The van der Waals surface area contributed by atoms with Crippen molar-refractivity contribution in [3.05, 3.63) is 59.7 Å². The summed E-state index contributed by atoms with van der Waals surface area (Å²) in [6.45, 7) is 0. The molecule has 0 spiro atoms. The number of hydrogen-bond donors (Lipinski definition) is 2. The summed E-state index contributed by atoms with van der Waals surface area (Å²) in [7, 11) is 1.68. The van der Waals surface area contributed by atoms with Crippen LogP contribution in [0.5, 0.6) is 5.75 Å². The lowest BCUT2D eigenvalue weighted by Gasteiger charge is -2.17. The molecule has 2 aromatic rings. The molecule has 102 valence electrons. The maximum atomic E-state index is 12.3. The second-order valence-electron chi connectivity index (χ2n) is 4.32. The summed E-state index contributed by atoms with van der Waals surface area (Å²) in [5, 5.41) is 9.25. The van der Waals surface area contributed by atoms with Gasteiger partial charge in [-0.25, -0.2) is 0 Å². The number of hydrogen-bond acceptors (Lipinski definition) is 3.